The van der Waals surface area contributed by atoms with Crippen molar-refractivity contribution in [1.29, 1.82) is 0 Å². The summed E-state index contributed by atoms with van der Waals surface area (Å²) < 4.78 is 29.8. The van der Waals surface area contributed by atoms with Gasteiger partial charge in [-0.3, -0.25) is 4.90 Å². The minimum absolute atomic E-state index is 0.121. The summed E-state index contributed by atoms with van der Waals surface area (Å²) in [6.07, 6.45) is 0. The third-order valence-electron chi connectivity index (χ3n) is 7.12. The van der Waals surface area contributed by atoms with E-state index in [2.05, 4.69) is 15.1 Å². The second kappa shape index (κ2) is 13.8. The molecule has 1 saturated heterocycles. The van der Waals surface area contributed by atoms with Crippen LogP contribution in [0.4, 0.5) is 10.1 Å². The Kier molecular flexibility index (Phi) is 10.2. The molecular weight excluding hydrogens is 537 g/mol. The molecule has 8 nitrogen and oxygen atoms in total. The monoisotopic (exact) mass is 571 g/mol. The number of methoxy groups -OCH3 is 1. The Morgan fingerprint density at radius 1 is 1.02 bits per heavy atom. The van der Waals surface area contributed by atoms with Gasteiger partial charge < -0.3 is 24.4 Å². The highest BCUT2D eigenvalue weighted by atomic mass is 35.5. The van der Waals surface area contributed by atoms with Crippen molar-refractivity contribution in [3.8, 4) is 0 Å². The normalized spacial score (nSPS) is 18.0. The number of nitrogens with zero attached hydrogens (tertiary/aromatic N) is 2. The number of benzene rings is 2. The predicted molar refractivity (Wildman–Crippen MR) is 152 cm³/mol. The number of esters is 2. The van der Waals surface area contributed by atoms with Crippen molar-refractivity contribution >= 4 is 29.2 Å². The summed E-state index contributed by atoms with van der Waals surface area (Å²) in [5, 5.41) is 3.62. The molecule has 0 aromatic heterocycles. The molecule has 2 aromatic rings. The number of anilines is 1. The van der Waals surface area contributed by atoms with E-state index < -0.39 is 17.9 Å². The van der Waals surface area contributed by atoms with Crippen molar-refractivity contribution < 1.29 is 28.2 Å². The van der Waals surface area contributed by atoms with E-state index in [-0.39, 0.29) is 24.6 Å². The largest absolute Gasteiger partial charge is 0.466 e. The highest BCUT2D eigenvalue weighted by Gasteiger charge is 2.39. The van der Waals surface area contributed by atoms with Gasteiger partial charge in [-0.2, -0.15) is 0 Å². The first-order valence-corrected chi connectivity index (χ1v) is 13.7. The molecule has 0 spiro atoms. The summed E-state index contributed by atoms with van der Waals surface area (Å²) in [4.78, 5) is 30.7. The van der Waals surface area contributed by atoms with E-state index in [1.54, 1.807) is 44.2 Å². The molecule has 10 heteroatoms. The van der Waals surface area contributed by atoms with Gasteiger partial charge in [-0.05, 0) is 49.7 Å². The lowest BCUT2D eigenvalue weighted by Gasteiger charge is -2.36. The number of hydrogen-bond acceptors (Lipinski definition) is 8. The van der Waals surface area contributed by atoms with Gasteiger partial charge in [0.2, 0.25) is 0 Å². The fourth-order valence-corrected chi connectivity index (χ4v) is 5.36. The van der Waals surface area contributed by atoms with Crippen LogP contribution in [-0.2, 0) is 23.8 Å². The van der Waals surface area contributed by atoms with Crippen molar-refractivity contribution in [2.75, 3.05) is 64.6 Å². The van der Waals surface area contributed by atoms with Crippen LogP contribution in [0.15, 0.2) is 71.1 Å². The van der Waals surface area contributed by atoms with Gasteiger partial charge in [-0.15, -0.1) is 0 Å². The molecule has 0 saturated carbocycles. The van der Waals surface area contributed by atoms with E-state index in [0.29, 0.717) is 34.2 Å². The first-order chi connectivity index (χ1) is 19.3. The zero-order valence-corrected chi connectivity index (χ0v) is 23.8. The topological polar surface area (TPSA) is 80.3 Å². The lowest BCUT2D eigenvalue weighted by atomic mass is 9.80. The van der Waals surface area contributed by atoms with E-state index in [4.69, 9.17) is 25.8 Å². The molecular formula is C30H35ClFN3O5. The van der Waals surface area contributed by atoms with Gasteiger partial charge in [0, 0.05) is 49.1 Å². The summed E-state index contributed by atoms with van der Waals surface area (Å²) in [6.45, 7) is 8.34. The smallest absolute Gasteiger partial charge is 0.336 e. The molecule has 2 aliphatic rings. The van der Waals surface area contributed by atoms with Crippen LogP contribution in [0.5, 0.6) is 0 Å². The van der Waals surface area contributed by atoms with Crippen molar-refractivity contribution in [2.45, 2.75) is 19.8 Å². The summed E-state index contributed by atoms with van der Waals surface area (Å²) in [5.41, 5.74) is 3.26. The maximum Gasteiger partial charge on any atom is 0.336 e. The first kappa shape index (κ1) is 29.6. The second-order valence-electron chi connectivity index (χ2n) is 9.58. The first-order valence-electron chi connectivity index (χ1n) is 13.3. The van der Waals surface area contributed by atoms with Gasteiger partial charge in [-0.25, -0.2) is 14.0 Å². The molecule has 0 amide bonds. The molecule has 40 heavy (non-hydrogen) atoms. The van der Waals surface area contributed by atoms with Crippen LogP contribution in [0.1, 0.15) is 25.3 Å². The molecule has 0 bridgehead atoms. The van der Waals surface area contributed by atoms with Crippen LogP contribution in [-0.4, -0.2) is 76.5 Å². The fourth-order valence-electron chi connectivity index (χ4n) is 5.11. The van der Waals surface area contributed by atoms with E-state index >= 15 is 0 Å². The molecule has 2 aromatic carbocycles. The third-order valence-corrected chi connectivity index (χ3v) is 7.47. The molecule has 1 N–H and O–H groups in total. The zero-order valence-electron chi connectivity index (χ0n) is 23.0. The third kappa shape index (κ3) is 6.83. The van der Waals surface area contributed by atoms with Crippen LogP contribution in [0.2, 0.25) is 5.02 Å². The average Bonchev–Trinajstić information content (AvgIpc) is 2.96. The number of dihydropyridines is 1. The molecule has 1 unspecified atom stereocenters. The maximum absolute atomic E-state index is 13.3. The summed E-state index contributed by atoms with van der Waals surface area (Å²) in [6, 6.07) is 13.7. The zero-order chi connectivity index (χ0) is 28.6. The molecule has 214 valence electrons. The van der Waals surface area contributed by atoms with Crippen LogP contribution in [0.25, 0.3) is 0 Å². The highest BCUT2D eigenvalue weighted by Crippen LogP contribution is 2.41. The number of ether oxygens (including phenoxy) is 3. The van der Waals surface area contributed by atoms with Gasteiger partial charge in [0.15, 0.2) is 0 Å². The minimum Gasteiger partial charge on any atom is -0.466 e. The van der Waals surface area contributed by atoms with Gasteiger partial charge >= 0.3 is 11.9 Å². The van der Waals surface area contributed by atoms with Crippen LogP contribution < -0.4 is 10.2 Å². The molecule has 1 atom stereocenters. The molecule has 1 fully saturated rings. The maximum atomic E-state index is 13.3. The van der Waals surface area contributed by atoms with E-state index in [1.807, 2.05) is 6.07 Å². The Hall–Kier alpha value is -3.40. The number of piperazine rings is 1. The van der Waals surface area contributed by atoms with E-state index in [1.165, 1.54) is 19.2 Å². The Balaban J connectivity index is 1.46. The lowest BCUT2D eigenvalue weighted by Crippen LogP contribution is -2.47. The number of halogens is 2. The highest BCUT2D eigenvalue weighted by molar-refractivity contribution is 6.31. The minimum atomic E-state index is -0.778. The van der Waals surface area contributed by atoms with Gasteiger partial charge in [0.05, 0.1) is 49.7 Å². The predicted octanol–water partition coefficient (Wildman–Crippen LogP) is 4.27. The van der Waals surface area contributed by atoms with Crippen LogP contribution in [0, 0.1) is 5.82 Å². The molecule has 0 radical (unpaired) electrons. The van der Waals surface area contributed by atoms with Gasteiger partial charge in [0.1, 0.15) is 5.82 Å². The number of hydrogen-bond donors (Lipinski definition) is 1. The Bertz CT molecular complexity index is 1270. The van der Waals surface area contributed by atoms with Crippen molar-refractivity contribution in [1.82, 2.24) is 10.2 Å². The van der Waals surface area contributed by atoms with Crippen molar-refractivity contribution in [3.05, 3.63) is 87.5 Å². The van der Waals surface area contributed by atoms with Crippen LogP contribution in [0.3, 0.4) is 0 Å². The Labute approximate surface area is 239 Å². The number of carbonyl (C=O) groups is 2. The average molecular weight is 572 g/mol. The molecule has 4 rings (SSSR count). The van der Waals surface area contributed by atoms with E-state index in [9.17, 15) is 14.0 Å². The summed E-state index contributed by atoms with van der Waals surface area (Å²) in [5.74, 6) is -2.13. The summed E-state index contributed by atoms with van der Waals surface area (Å²) in [7, 11) is 1.30. The van der Waals surface area contributed by atoms with E-state index in [0.717, 1.165) is 38.4 Å². The molecule has 0 aliphatic carbocycles. The number of rotatable bonds is 10. The van der Waals surface area contributed by atoms with Gasteiger partial charge in [-0.1, -0.05) is 29.8 Å². The fraction of sp³-hybridized carbons (Fsp3) is 0.400. The summed E-state index contributed by atoms with van der Waals surface area (Å²) >= 11 is 6.56. The number of nitrogens with one attached hydrogen (secondary N) is 1. The molecule has 2 heterocycles. The number of allylic oxidation sites excluding steroid dienone is 1. The van der Waals surface area contributed by atoms with Crippen molar-refractivity contribution in [3.63, 3.8) is 0 Å². The number of carbonyl (C=O) groups excluding carboxylic acids is 2. The Morgan fingerprint density at radius 2 is 1.73 bits per heavy atom. The van der Waals surface area contributed by atoms with Gasteiger partial charge in [0.25, 0.3) is 0 Å². The second-order valence-corrected chi connectivity index (χ2v) is 9.99. The lowest BCUT2D eigenvalue weighted by molar-refractivity contribution is -0.139. The molecule has 2 aliphatic heterocycles. The SMILES string of the molecule is CCOC(=O)C1=C(COCCN2CCN(c3ccc(F)cc3)CC2)NC(C)=C(C(=O)OC)C1c1ccccc1Cl. The van der Waals surface area contributed by atoms with Crippen LogP contribution >= 0.6 is 11.6 Å². The van der Waals surface area contributed by atoms with Crippen molar-refractivity contribution in [2.24, 2.45) is 0 Å². The quantitative estimate of drug-likeness (QED) is 0.335. The standard InChI is InChI=1S/C30H35ClFN3O5/c1-4-40-30(37)28-25(33-20(2)26(29(36)38-3)27(28)23-7-5-6-8-24(23)31)19-39-18-17-34-13-15-35(16-14-34)22-11-9-21(32)10-12-22/h5-12,27,33H,4,13-19H2,1-3H3. The Morgan fingerprint density at radius 3 is 2.38 bits per heavy atom.